The zero-order chi connectivity index (χ0) is 28.0. The van der Waals surface area contributed by atoms with Crippen molar-refractivity contribution in [3.05, 3.63) is 46.7 Å². The lowest BCUT2D eigenvalue weighted by Crippen LogP contribution is -2.63. The molecule has 3 heterocycles. The predicted molar refractivity (Wildman–Crippen MR) is 149 cm³/mol. The van der Waals surface area contributed by atoms with E-state index in [9.17, 15) is 19.1 Å². The number of pyridine rings is 1. The van der Waals surface area contributed by atoms with Gasteiger partial charge in [0.2, 0.25) is 0 Å². The summed E-state index contributed by atoms with van der Waals surface area (Å²) in [7, 11) is 0. The lowest BCUT2D eigenvalue weighted by Gasteiger charge is -2.47. The highest BCUT2D eigenvalue weighted by atomic mass is 32.1. The molecule has 204 valence electrons. The fourth-order valence-corrected chi connectivity index (χ4v) is 5.87. The molecule has 0 unspecified atom stereocenters. The van der Waals surface area contributed by atoms with Crippen molar-refractivity contribution in [2.75, 3.05) is 19.6 Å². The molecule has 0 radical (unpaired) electrons. The van der Waals surface area contributed by atoms with Crippen molar-refractivity contribution >= 4 is 33.5 Å². The van der Waals surface area contributed by atoms with E-state index < -0.39 is 11.6 Å². The summed E-state index contributed by atoms with van der Waals surface area (Å²) in [4.78, 5) is 40.2. The molecule has 9 heteroatoms. The quantitative estimate of drug-likeness (QED) is 0.463. The van der Waals surface area contributed by atoms with Gasteiger partial charge >= 0.3 is 0 Å². The van der Waals surface area contributed by atoms with Crippen molar-refractivity contribution in [1.82, 2.24) is 19.8 Å². The molecule has 1 aromatic carbocycles. The second kappa shape index (κ2) is 10.3. The number of rotatable bonds is 5. The number of aromatic nitrogens is 2. The smallest absolute Gasteiger partial charge is 0.283 e. The molecule has 0 saturated carbocycles. The van der Waals surface area contributed by atoms with Crippen LogP contribution in [0.5, 0.6) is 0 Å². The number of halogens is 1. The molecule has 1 N–H and O–H groups in total. The van der Waals surface area contributed by atoms with Crippen LogP contribution in [0.4, 0.5) is 4.39 Å². The molecule has 0 bridgehead atoms. The van der Waals surface area contributed by atoms with Crippen molar-refractivity contribution in [3.8, 4) is 11.3 Å². The molecule has 0 aliphatic carbocycles. The van der Waals surface area contributed by atoms with Gasteiger partial charge in [-0.25, -0.2) is 14.4 Å². The summed E-state index contributed by atoms with van der Waals surface area (Å²) in [6.45, 7) is 15.0. The average Bonchev–Trinajstić information content (AvgIpc) is 3.25. The number of benzene rings is 1. The highest BCUT2D eigenvalue weighted by Crippen LogP contribution is 2.34. The highest BCUT2D eigenvalue weighted by Gasteiger charge is 2.41. The van der Waals surface area contributed by atoms with Gasteiger partial charge in [0.25, 0.3) is 11.8 Å². The van der Waals surface area contributed by atoms with Crippen LogP contribution in [-0.4, -0.2) is 68.0 Å². The molecule has 1 fully saturated rings. The molecule has 0 spiro atoms. The Morgan fingerprint density at radius 3 is 2.37 bits per heavy atom. The molecule has 1 aliphatic rings. The van der Waals surface area contributed by atoms with Crippen molar-refractivity contribution in [1.29, 1.82) is 0 Å². The highest BCUT2D eigenvalue weighted by molar-refractivity contribution is 7.19. The minimum atomic E-state index is -1.06. The third-order valence-electron chi connectivity index (χ3n) is 6.89. The fourth-order valence-electron chi connectivity index (χ4n) is 4.95. The zero-order valence-corrected chi connectivity index (χ0v) is 24.0. The monoisotopic (exact) mass is 540 g/mol. The molecule has 38 heavy (non-hydrogen) atoms. The van der Waals surface area contributed by atoms with Crippen molar-refractivity contribution in [3.63, 3.8) is 0 Å². The summed E-state index contributed by atoms with van der Waals surface area (Å²) in [6.07, 6.45) is -0.685. The second-order valence-corrected chi connectivity index (χ2v) is 13.2. The van der Waals surface area contributed by atoms with E-state index in [1.807, 2.05) is 40.7 Å². The van der Waals surface area contributed by atoms with E-state index in [-0.39, 0.29) is 29.0 Å². The predicted octanol–water partition coefficient (Wildman–Crippen LogP) is 5.48. The second-order valence-electron chi connectivity index (χ2n) is 12.2. The van der Waals surface area contributed by atoms with E-state index in [0.717, 1.165) is 11.1 Å². The van der Waals surface area contributed by atoms with Gasteiger partial charge in [0, 0.05) is 25.2 Å². The van der Waals surface area contributed by atoms with Gasteiger partial charge in [-0.2, -0.15) is 0 Å². The van der Waals surface area contributed by atoms with Gasteiger partial charge in [-0.15, -0.1) is 0 Å². The minimum absolute atomic E-state index is 0.148. The number of fused-ring (bicyclic) bond motifs is 1. The van der Waals surface area contributed by atoms with E-state index in [4.69, 9.17) is 9.97 Å². The first-order chi connectivity index (χ1) is 17.7. The third kappa shape index (κ3) is 5.89. The molecule has 2 aromatic heterocycles. The first-order valence-electron chi connectivity index (χ1n) is 13.0. The van der Waals surface area contributed by atoms with Crippen LogP contribution in [0.15, 0.2) is 30.3 Å². The summed E-state index contributed by atoms with van der Waals surface area (Å²) in [5, 5.41) is 10.8. The summed E-state index contributed by atoms with van der Waals surface area (Å²) in [5.74, 6) is -0.648. The van der Waals surface area contributed by atoms with E-state index in [1.165, 1.54) is 23.5 Å². The number of amides is 2. The van der Waals surface area contributed by atoms with E-state index in [0.29, 0.717) is 47.1 Å². The zero-order valence-electron chi connectivity index (χ0n) is 23.2. The summed E-state index contributed by atoms with van der Waals surface area (Å²) in [5.41, 5.74) is 2.38. The number of carbonyl (C=O) groups excluding carboxylic acids is 2. The maximum atomic E-state index is 13.7. The number of aliphatic hydroxyl groups excluding tert-OH is 1. The normalized spacial score (nSPS) is 16.8. The van der Waals surface area contributed by atoms with Crippen molar-refractivity contribution < 1.29 is 19.1 Å². The average molecular weight is 541 g/mol. The Morgan fingerprint density at radius 1 is 1.13 bits per heavy atom. The van der Waals surface area contributed by atoms with Crippen LogP contribution in [0.2, 0.25) is 0 Å². The number of thiazole rings is 1. The van der Waals surface area contributed by atoms with Crippen molar-refractivity contribution in [2.45, 2.75) is 72.4 Å². The van der Waals surface area contributed by atoms with Gasteiger partial charge in [-0.05, 0) is 67.5 Å². The Hall–Kier alpha value is -2.91. The van der Waals surface area contributed by atoms with Crippen molar-refractivity contribution in [2.24, 2.45) is 5.41 Å². The summed E-state index contributed by atoms with van der Waals surface area (Å²) in [6, 6.07) is 8.18. The van der Waals surface area contributed by atoms with Crippen LogP contribution in [0.3, 0.4) is 0 Å². The number of nitrogens with zero attached hydrogens (tertiary/aromatic N) is 4. The van der Waals surface area contributed by atoms with Crippen LogP contribution in [-0.2, 0) is 4.79 Å². The Kier molecular flexibility index (Phi) is 7.65. The van der Waals surface area contributed by atoms with Crippen LogP contribution < -0.4 is 0 Å². The molecule has 3 aromatic rings. The van der Waals surface area contributed by atoms with Crippen LogP contribution in [0.25, 0.3) is 21.6 Å². The summed E-state index contributed by atoms with van der Waals surface area (Å²) >= 11 is 1.25. The lowest BCUT2D eigenvalue weighted by molar-refractivity contribution is -0.145. The van der Waals surface area contributed by atoms with Gasteiger partial charge in [0.05, 0.1) is 11.2 Å². The fraction of sp³-hybridized carbons (Fsp3) is 0.517. The number of piperazine rings is 1. The Bertz CT molecular complexity index is 1340. The topological polar surface area (TPSA) is 86.6 Å². The van der Waals surface area contributed by atoms with Gasteiger partial charge < -0.3 is 14.9 Å². The molecule has 7 nitrogen and oxygen atoms in total. The van der Waals surface area contributed by atoms with E-state index >= 15 is 0 Å². The van der Waals surface area contributed by atoms with E-state index in [1.54, 1.807) is 21.9 Å². The Balaban J connectivity index is 1.60. The first kappa shape index (κ1) is 28.1. The van der Waals surface area contributed by atoms with Gasteiger partial charge in [-0.1, -0.05) is 46.0 Å². The SMILES string of the molecule is CC(C)c1cc(-c2ccc(F)cc2)nc2sc(C(=O)N3CCN(C(=O)[C@H](O)CC(C)(C)C)CC3(C)C)nc12. The summed E-state index contributed by atoms with van der Waals surface area (Å²) < 4.78 is 13.5. The molecule has 4 rings (SSSR count). The van der Waals surface area contributed by atoms with Gasteiger partial charge in [0.15, 0.2) is 5.01 Å². The van der Waals surface area contributed by atoms with Gasteiger partial charge in [-0.3, -0.25) is 9.59 Å². The largest absolute Gasteiger partial charge is 0.383 e. The van der Waals surface area contributed by atoms with Crippen LogP contribution in [0.1, 0.15) is 76.2 Å². The third-order valence-corrected chi connectivity index (χ3v) is 7.83. The number of hydrogen-bond donors (Lipinski definition) is 1. The first-order valence-corrected chi connectivity index (χ1v) is 13.8. The molecule has 1 saturated heterocycles. The molecule has 1 aliphatic heterocycles. The Morgan fingerprint density at radius 2 is 1.79 bits per heavy atom. The molecular weight excluding hydrogens is 503 g/mol. The lowest BCUT2D eigenvalue weighted by atomic mass is 9.88. The van der Waals surface area contributed by atoms with E-state index in [2.05, 4.69) is 13.8 Å². The maximum absolute atomic E-state index is 13.7. The van der Waals surface area contributed by atoms with Crippen LogP contribution >= 0.6 is 11.3 Å². The number of hydrogen-bond acceptors (Lipinski definition) is 6. The van der Waals surface area contributed by atoms with Gasteiger partial charge in [0.1, 0.15) is 22.3 Å². The maximum Gasteiger partial charge on any atom is 0.283 e. The van der Waals surface area contributed by atoms with Crippen LogP contribution in [0, 0.1) is 11.2 Å². The Labute approximate surface area is 227 Å². The number of carbonyl (C=O) groups is 2. The number of aliphatic hydroxyl groups is 1. The standard InChI is InChI=1S/C29H37FN4O3S/c1-17(2)20-14-21(18-8-10-19(30)11-9-18)31-24-23(20)32-25(38-24)27(37)34-13-12-33(16-29(34,6)7)26(36)22(35)15-28(3,4)5/h8-11,14,17,22,35H,12-13,15-16H2,1-7H3/t22-/m1/s1. The molecule has 1 atom stereocenters. The molecule has 2 amide bonds. The minimum Gasteiger partial charge on any atom is -0.383 e. The molecular formula is C29H37FN4O3S.